The number of ketones is 1. The van der Waals surface area contributed by atoms with E-state index < -0.39 is 5.78 Å². The van der Waals surface area contributed by atoms with Crippen molar-refractivity contribution in [2.24, 2.45) is 0 Å². The highest BCUT2D eigenvalue weighted by Crippen LogP contribution is 2.36. The number of hydrogen-bond donors (Lipinski definition) is 1. The van der Waals surface area contributed by atoms with Crippen molar-refractivity contribution in [2.45, 2.75) is 92.5 Å². The Balaban J connectivity index is 0.600. The third-order valence-electron chi connectivity index (χ3n) is 20.6. The third-order valence-corrected chi connectivity index (χ3v) is 20.6. The van der Waals surface area contributed by atoms with Gasteiger partial charge in [0.15, 0.2) is 5.78 Å². The molecule has 16 nitrogen and oxygen atoms in total. The van der Waals surface area contributed by atoms with Gasteiger partial charge in [-0.1, -0.05) is 261 Å². The van der Waals surface area contributed by atoms with Crippen LogP contribution in [-0.2, 0) is 92.5 Å². The van der Waals surface area contributed by atoms with Gasteiger partial charge in [-0.3, -0.25) is 4.79 Å². The van der Waals surface area contributed by atoms with Gasteiger partial charge < -0.3 is 71.4 Å². The first-order valence-corrected chi connectivity index (χ1v) is 42.7. The summed E-state index contributed by atoms with van der Waals surface area (Å²) in [6, 6.07) is 127. The largest absolute Gasteiger partial charge is 0.507 e. The van der Waals surface area contributed by atoms with E-state index in [1.807, 2.05) is 376 Å². The van der Waals surface area contributed by atoms with Crippen LogP contribution in [0.4, 0.5) is 0 Å². The molecule has 0 atom stereocenters. The summed E-state index contributed by atoms with van der Waals surface area (Å²) in [6.07, 6.45) is 3.11. The van der Waals surface area contributed by atoms with E-state index >= 15 is 0 Å². The highest BCUT2D eigenvalue weighted by atomic mass is 16.5. The first-order valence-electron chi connectivity index (χ1n) is 42.7. The predicted octanol–water partition coefficient (Wildman–Crippen LogP) is 25.4. The van der Waals surface area contributed by atoms with Crippen LogP contribution in [0.3, 0.4) is 0 Å². The quantitative estimate of drug-likeness (QED) is 0.0283. The topological polar surface area (TPSA) is 167 Å². The van der Waals surface area contributed by atoms with Gasteiger partial charge in [-0.05, 0) is 187 Å². The Labute approximate surface area is 751 Å². The maximum absolute atomic E-state index is 14.0. The monoisotopic (exact) mass is 1710 g/mol. The Morgan fingerprint density at radius 1 is 0.178 bits per heavy atom. The summed E-state index contributed by atoms with van der Waals surface area (Å²) >= 11 is 0. The van der Waals surface area contributed by atoms with E-state index in [1.165, 1.54) is 12.1 Å². The molecule has 0 aliphatic heterocycles. The number of carbonyl (C=O) groups excluding carboxylic acids is 1. The van der Waals surface area contributed by atoms with Crippen LogP contribution in [0.1, 0.15) is 93.8 Å². The summed E-state index contributed by atoms with van der Waals surface area (Å²) in [6.45, 7) is 3.68. The number of benzene rings is 16. The summed E-state index contributed by atoms with van der Waals surface area (Å²) < 4.78 is 90.5. The highest BCUT2D eigenvalue weighted by molar-refractivity contribution is 6.08. The molecule has 1 N–H and O–H groups in total. The fourth-order valence-electron chi connectivity index (χ4n) is 14.0. The number of ether oxygens (including phenoxy) is 14. The van der Waals surface area contributed by atoms with Gasteiger partial charge >= 0.3 is 0 Å². The second kappa shape index (κ2) is 45.0. The second-order valence-corrected chi connectivity index (χ2v) is 30.7. The van der Waals surface area contributed by atoms with Gasteiger partial charge in [-0.25, -0.2) is 0 Å². The molecule has 0 amide bonds. The minimum absolute atomic E-state index is 0.0305. The fourth-order valence-corrected chi connectivity index (χ4v) is 14.0. The molecule has 16 heteroatoms. The molecule has 16 rings (SSSR count). The minimum atomic E-state index is -0.417. The van der Waals surface area contributed by atoms with Crippen LogP contribution in [0, 0.1) is 0 Å². The van der Waals surface area contributed by atoms with Crippen molar-refractivity contribution in [2.75, 3.05) is 0 Å². The summed E-state index contributed by atoms with van der Waals surface area (Å²) in [5.74, 6) is 7.30. The number of phenolic OH excluding ortho intramolecular Hbond substituents is 1. The lowest BCUT2D eigenvalue weighted by molar-refractivity contribution is 0.104. The van der Waals surface area contributed by atoms with Crippen molar-refractivity contribution in [3.05, 3.63) is 489 Å². The van der Waals surface area contributed by atoms with E-state index in [9.17, 15) is 9.90 Å². The summed E-state index contributed by atoms with van der Waals surface area (Å²) in [4.78, 5) is 14.0. The van der Waals surface area contributed by atoms with Crippen molar-refractivity contribution in [3.63, 3.8) is 0 Å². The normalized spacial score (nSPS) is 10.9. The zero-order valence-corrected chi connectivity index (χ0v) is 71.2. The minimum Gasteiger partial charge on any atom is -0.507 e. The number of rotatable bonds is 45. The van der Waals surface area contributed by atoms with Gasteiger partial charge in [0.05, 0.1) is 5.56 Å². The molecule has 0 aliphatic rings. The molecule has 0 spiro atoms. The van der Waals surface area contributed by atoms with Crippen molar-refractivity contribution >= 4 is 11.9 Å². The third kappa shape index (κ3) is 27.5. The van der Waals surface area contributed by atoms with E-state index in [0.29, 0.717) is 139 Å². The van der Waals surface area contributed by atoms with Gasteiger partial charge in [0.1, 0.15) is 179 Å². The molecule has 0 saturated carbocycles. The van der Waals surface area contributed by atoms with E-state index in [2.05, 4.69) is 0 Å². The van der Waals surface area contributed by atoms with Gasteiger partial charge in [-0.15, -0.1) is 0 Å². The molecule has 0 heterocycles. The van der Waals surface area contributed by atoms with Crippen molar-refractivity contribution in [3.8, 4) is 86.2 Å². The molecule has 0 fully saturated rings. The summed E-state index contributed by atoms with van der Waals surface area (Å²) in [7, 11) is 0. The molecule has 129 heavy (non-hydrogen) atoms. The second-order valence-electron chi connectivity index (χ2n) is 30.7. The first kappa shape index (κ1) is 86.4. The lowest BCUT2D eigenvalue weighted by Gasteiger charge is -2.16. The maximum Gasteiger partial charge on any atom is 0.189 e. The Morgan fingerprint density at radius 2 is 0.349 bits per heavy atom. The van der Waals surface area contributed by atoms with Crippen LogP contribution < -0.4 is 66.3 Å². The van der Waals surface area contributed by atoms with Crippen molar-refractivity contribution in [1.29, 1.82) is 0 Å². The van der Waals surface area contributed by atoms with E-state index in [-0.39, 0.29) is 51.0 Å². The fraction of sp³-hybridized carbons (Fsp3) is 0.124. The number of allylic oxidation sites excluding steroid dienone is 1. The summed E-state index contributed by atoms with van der Waals surface area (Å²) in [5, 5.41) is 11.5. The molecule has 0 saturated heterocycles. The lowest BCUT2D eigenvalue weighted by atomic mass is 10.1. The molecule has 0 radical (unpaired) electrons. The maximum atomic E-state index is 14.0. The molecule has 16 aromatic rings. The number of carbonyl (C=O) groups is 1. The Bertz CT molecular complexity index is 5710. The average Bonchev–Trinajstić information content (AvgIpc) is 0.836. The van der Waals surface area contributed by atoms with Crippen LogP contribution in [0.2, 0.25) is 0 Å². The Morgan fingerprint density at radius 3 is 0.543 bits per heavy atom. The highest BCUT2D eigenvalue weighted by Gasteiger charge is 2.18. The van der Waals surface area contributed by atoms with Crippen LogP contribution in [0.15, 0.2) is 400 Å². The van der Waals surface area contributed by atoms with Crippen molar-refractivity contribution < 1.29 is 76.2 Å². The van der Waals surface area contributed by atoms with Gasteiger partial charge in [0.2, 0.25) is 0 Å². The number of phenols is 1. The molecule has 644 valence electrons. The van der Waals surface area contributed by atoms with Crippen LogP contribution in [0.5, 0.6) is 86.2 Å². The van der Waals surface area contributed by atoms with Gasteiger partial charge in [0, 0.05) is 42.5 Å². The first-order chi connectivity index (χ1) is 63.6. The molecule has 0 aliphatic carbocycles. The molecule has 16 aromatic carbocycles. The molecular weight excluding hydrogens is 1610 g/mol. The van der Waals surface area contributed by atoms with Crippen LogP contribution in [-0.4, -0.2) is 10.9 Å². The van der Waals surface area contributed by atoms with E-state index in [1.54, 1.807) is 18.2 Å². The molecule has 0 unspecified atom stereocenters. The Hall–Kier alpha value is -16.1. The van der Waals surface area contributed by atoms with E-state index in [4.69, 9.17) is 66.3 Å². The smallest absolute Gasteiger partial charge is 0.189 e. The number of aromatic hydroxyl groups is 1. The summed E-state index contributed by atoms with van der Waals surface area (Å²) in [5.41, 5.74) is 13.8. The zero-order valence-electron chi connectivity index (χ0n) is 71.2. The van der Waals surface area contributed by atoms with Crippen molar-refractivity contribution in [1.82, 2.24) is 0 Å². The molecule has 0 bridgehead atoms. The van der Waals surface area contributed by atoms with Crippen LogP contribution >= 0.6 is 0 Å². The van der Waals surface area contributed by atoms with Gasteiger partial charge in [-0.2, -0.15) is 0 Å². The van der Waals surface area contributed by atoms with Gasteiger partial charge in [0.25, 0.3) is 0 Å². The lowest BCUT2D eigenvalue weighted by Crippen LogP contribution is -2.04. The SMILES string of the molecule is O=C(/C=C/c1ccc(OCc2cc(OCc3cc(OCc4ccccc4)cc(OCc4ccccc4)c3)cc(OCc3cc(OCc4ccccc4)cc(OCc4ccccc4)c3)c2)cc1)c1ccc(OCc2cc(OCc3cc(OCc4ccccc4)cc(OCc4ccccc4)c3)cc(OCc3cc(OCc4ccccc4)cc(OCc4ccccc4)c3)c2)cc1O. The van der Waals surface area contributed by atoms with Crippen LogP contribution in [0.25, 0.3) is 6.08 Å². The average molecular weight is 1710 g/mol. The molecule has 0 aromatic heterocycles. The predicted molar refractivity (Wildman–Crippen MR) is 499 cm³/mol. The number of hydrogen-bond acceptors (Lipinski definition) is 16. The Kier molecular flexibility index (Phi) is 30.2. The molecular formula is C113H96O16. The standard InChI is InChI=1S/C113H96O16/c114-112(111-47-46-98(67-113(111)115)117-77-92-51-109(128-80-95-57-103(122-72-87-33-17-5-18-34-87)63-104(58-95)123-73-88-35-19-6-20-36-88)66-110(52-92)129-81-96-59-105(124-74-89-37-21-7-22-38-89)64-106(60-96)125-75-90-39-23-8-24-40-90)48-43-82-41-44-97(45-42-82)116-76-91-49-107(126-78-93-53-99(118-68-83-25-9-1-10-26-83)61-100(54-93)119-69-84-27-11-2-12-28-84)65-108(50-91)127-79-94-55-101(120-70-85-29-13-3-14-30-85)62-102(56-94)121-71-86-31-15-4-16-32-86/h1-67,115H,68-81H2/b48-43+. The zero-order chi connectivity index (χ0) is 87.7. The van der Waals surface area contributed by atoms with E-state index in [0.717, 1.165) is 77.9 Å².